The third-order valence-electron chi connectivity index (χ3n) is 2.54. The summed E-state index contributed by atoms with van der Waals surface area (Å²) in [5.74, 6) is 0. The molecule has 1 aromatic heterocycles. The molecule has 2 aromatic rings. The summed E-state index contributed by atoms with van der Waals surface area (Å²) in [7, 11) is 0. The molecule has 0 radical (unpaired) electrons. The lowest BCUT2D eigenvalue weighted by Crippen LogP contribution is -2.30. The molecule has 1 unspecified atom stereocenters. The Bertz CT molecular complexity index is 525. The largest absolute Gasteiger partial charge is 0.399 e. The second kappa shape index (κ2) is 5.55. The topological polar surface area (TPSA) is 67.2 Å². The van der Waals surface area contributed by atoms with Gasteiger partial charge in [-0.1, -0.05) is 6.07 Å². The van der Waals surface area contributed by atoms with Crippen LogP contribution in [0.3, 0.4) is 0 Å². The van der Waals surface area contributed by atoms with Crippen molar-refractivity contribution in [1.82, 2.24) is 5.32 Å². The van der Waals surface area contributed by atoms with Gasteiger partial charge in [0.05, 0.1) is 6.04 Å². The highest BCUT2D eigenvalue weighted by Gasteiger charge is 2.09. The van der Waals surface area contributed by atoms with Gasteiger partial charge in [0.2, 0.25) is 0 Å². The van der Waals surface area contributed by atoms with Crippen LogP contribution in [-0.2, 0) is 0 Å². The number of nitrogens with one attached hydrogen (secondary N) is 2. The number of hydrogen-bond donors (Lipinski definition) is 3. The van der Waals surface area contributed by atoms with Gasteiger partial charge in [-0.2, -0.15) is 11.3 Å². The van der Waals surface area contributed by atoms with Gasteiger partial charge >= 0.3 is 6.03 Å². The predicted molar refractivity (Wildman–Crippen MR) is 75.7 cm³/mol. The van der Waals surface area contributed by atoms with E-state index in [1.54, 1.807) is 35.6 Å². The Hall–Kier alpha value is -2.01. The van der Waals surface area contributed by atoms with Crippen LogP contribution in [-0.4, -0.2) is 6.03 Å². The minimum absolute atomic E-state index is 0.0164. The summed E-state index contributed by atoms with van der Waals surface area (Å²) in [6, 6.07) is 8.83. The zero-order chi connectivity index (χ0) is 13.0. The number of anilines is 2. The molecule has 5 heteroatoms. The molecule has 1 aromatic carbocycles. The second-order valence-corrected chi connectivity index (χ2v) is 4.78. The number of amides is 2. The summed E-state index contributed by atoms with van der Waals surface area (Å²) in [6.07, 6.45) is 0. The van der Waals surface area contributed by atoms with Crippen molar-refractivity contribution in [1.29, 1.82) is 0 Å². The summed E-state index contributed by atoms with van der Waals surface area (Å²) in [4.78, 5) is 11.8. The molecular weight excluding hydrogens is 246 g/mol. The van der Waals surface area contributed by atoms with Crippen LogP contribution in [0.15, 0.2) is 41.1 Å². The number of urea groups is 1. The van der Waals surface area contributed by atoms with Crippen LogP contribution >= 0.6 is 11.3 Å². The van der Waals surface area contributed by atoms with E-state index in [-0.39, 0.29) is 12.1 Å². The van der Waals surface area contributed by atoms with Crippen molar-refractivity contribution >= 4 is 28.7 Å². The van der Waals surface area contributed by atoms with Crippen LogP contribution in [0.25, 0.3) is 0 Å². The van der Waals surface area contributed by atoms with E-state index in [0.29, 0.717) is 11.4 Å². The molecule has 1 atom stereocenters. The van der Waals surface area contributed by atoms with Gasteiger partial charge in [-0.15, -0.1) is 0 Å². The molecule has 0 saturated carbocycles. The molecule has 0 spiro atoms. The van der Waals surface area contributed by atoms with Crippen LogP contribution < -0.4 is 16.4 Å². The van der Waals surface area contributed by atoms with Gasteiger partial charge in [0.1, 0.15) is 0 Å². The van der Waals surface area contributed by atoms with E-state index in [1.807, 2.05) is 23.8 Å². The molecule has 0 saturated heterocycles. The Labute approximate surface area is 110 Å². The van der Waals surface area contributed by atoms with E-state index in [1.165, 1.54) is 0 Å². The quantitative estimate of drug-likeness (QED) is 0.743. The second-order valence-electron chi connectivity index (χ2n) is 4.00. The van der Waals surface area contributed by atoms with Crippen molar-refractivity contribution < 1.29 is 4.79 Å². The van der Waals surface area contributed by atoms with E-state index in [4.69, 9.17) is 5.73 Å². The SMILES string of the molecule is CC(NC(=O)Nc1cccc(N)c1)c1ccsc1. The number of thiophene rings is 1. The van der Waals surface area contributed by atoms with Crippen LogP contribution in [0.1, 0.15) is 18.5 Å². The van der Waals surface area contributed by atoms with Gasteiger partial charge in [-0.3, -0.25) is 0 Å². The van der Waals surface area contributed by atoms with Crippen LogP contribution in [0.2, 0.25) is 0 Å². The first-order valence-electron chi connectivity index (χ1n) is 5.60. The van der Waals surface area contributed by atoms with Crippen LogP contribution in [0.4, 0.5) is 16.2 Å². The number of rotatable bonds is 3. The minimum Gasteiger partial charge on any atom is -0.399 e. The standard InChI is InChI=1S/C13H15N3OS/c1-9(10-5-6-18-8-10)15-13(17)16-12-4-2-3-11(14)7-12/h2-9H,14H2,1H3,(H2,15,16,17). The zero-order valence-corrected chi connectivity index (χ0v) is 10.8. The molecule has 0 aliphatic rings. The Morgan fingerprint density at radius 2 is 2.22 bits per heavy atom. The number of carbonyl (C=O) groups is 1. The summed E-state index contributed by atoms with van der Waals surface area (Å²) in [6.45, 7) is 1.95. The van der Waals surface area contributed by atoms with Gasteiger partial charge < -0.3 is 16.4 Å². The highest BCUT2D eigenvalue weighted by Crippen LogP contribution is 2.16. The lowest BCUT2D eigenvalue weighted by molar-refractivity contribution is 0.249. The van der Waals surface area contributed by atoms with Crippen molar-refractivity contribution in [2.24, 2.45) is 0 Å². The van der Waals surface area contributed by atoms with Gasteiger partial charge in [-0.25, -0.2) is 4.79 Å². The Balaban J connectivity index is 1.93. The zero-order valence-electron chi connectivity index (χ0n) is 10.0. The Kier molecular flexibility index (Phi) is 3.84. The van der Waals surface area contributed by atoms with Gasteiger partial charge in [0.15, 0.2) is 0 Å². The highest BCUT2D eigenvalue weighted by molar-refractivity contribution is 7.07. The minimum atomic E-state index is -0.237. The lowest BCUT2D eigenvalue weighted by atomic mass is 10.2. The molecule has 0 aliphatic heterocycles. The molecule has 0 bridgehead atoms. The fourth-order valence-electron chi connectivity index (χ4n) is 1.58. The van der Waals surface area contributed by atoms with Crippen molar-refractivity contribution in [3.05, 3.63) is 46.7 Å². The summed E-state index contributed by atoms with van der Waals surface area (Å²) < 4.78 is 0. The average molecular weight is 261 g/mol. The average Bonchev–Trinajstić information content (AvgIpc) is 2.81. The van der Waals surface area contributed by atoms with E-state index in [9.17, 15) is 4.79 Å². The Morgan fingerprint density at radius 1 is 1.39 bits per heavy atom. The Morgan fingerprint density at radius 3 is 2.89 bits per heavy atom. The fraction of sp³-hybridized carbons (Fsp3) is 0.154. The first-order valence-corrected chi connectivity index (χ1v) is 6.54. The van der Waals surface area contributed by atoms with Crippen molar-refractivity contribution in [3.8, 4) is 0 Å². The first kappa shape index (κ1) is 12.4. The predicted octanol–water partition coefficient (Wildman–Crippen LogP) is 3.21. The lowest BCUT2D eigenvalue weighted by Gasteiger charge is -2.13. The number of hydrogen-bond acceptors (Lipinski definition) is 3. The number of benzene rings is 1. The molecule has 18 heavy (non-hydrogen) atoms. The van der Waals surface area contributed by atoms with E-state index < -0.39 is 0 Å². The number of carbonyl (C=O) groups excluding carboxylic acids is 1. The number of nitrogen functional groups attached to an aromatic ring is 1. The molecule has 1 heterocycles. The van der Waals surface area contributed by atoms with E-state index in [2.05, 4.69) is 10.6 Å². The maximum Gasteiger partial charge on any atom is 0.319 e. The molecule has 4 N–H and O–H groups in total. The van der Waals surface area contributed by atoms with Crippen LogP contribution in [0.5, 0.6) is 0 Å². The summed E-state index contributed by atoms with van der Waals surface area (Å²) >= 11 is 1.61. The summed E-state index contributed by atoms with van der Waals surface area (Å²) in [5.41, 5.74) is 8.05. The van der Waals surface area contributed by atoms with E-state index >= 15 is 0 Å². The van der Waals surface area contributed by atoms with Gasteiger partial charge in [0, 0.05) is 11.4 Å². The highest BCUT2D eigenvalue weighted by atomic mass is 32.1. The molecule has 2 rings (SSSR count). The molecule has 0 fully saturated rings. The third-order valence-corrected chi connectivity index (χ3v) is 3.24. The van der Waals surface area contributed by atoms with Crippen LogP contribution in [0, 0.1) is 0 Å². The van der Waals surface area contributed by atoms with Crippen molar-refractivity contribution in [2.45, 2.75) is 13.0 Å². The molecule has 94 valence electrons. The van der Waals surface area contributed by atoms with Crippen molar-refractivity contribution in [3.63, 3.8) is 0 Å². The molecule has 2 amide bonds. The monoisotopic (exact) mass is 261 g/mol. The van der Waals surface area contributed by atoms with Gasteiger partial charge in [0.25, 0.3) is 0 Å². The third kappa shape index (κ3) is 3.24. The smallest absolute Gasteiger partial charge is 0.319 e. The molecule has 0 aliphatic carbocycles. The van der Waals surface area contributed by atoms with E-state index in [0.717, 1.165) is 5.56 Å². The maximum atomic E-state index is 11.8. The molecule has 4 nitrogen and oxygen atoms in total. The number of nitrogens with two attached hydrogens (primary N) is 1. The normalized spacial score (nSPS) is 11.8. The fourth-order valence-corrected chi connectivity index (χ4v) is 2.34. The first-order chi connectivity index (χ1) is 8.65. The summed E-state index contributed by atoms with van der Waals surface area (Å²) in [5, 5.41) is 9.62. The van der Waals surface area contributed by atoms with Crippen molar-refractivity contribution in [2.75, 3.05) is 11.1 Å². The van der Waals surface area contributed by atoms with Gasteiger partial charge in [-0.05, 0) is 47.5 Å². The molecular formula is C13H15N3OS. The maximum absolute atomic E-state index is 11.8.